The fraction of sp³-hybridized carbons (Fsp3) is 0.302. The van der Waals surface area contributed by atoms with Gasteiger partial charge in [0.15, 0.2) is 5.78 Å². The number of methoxy groups -OCH3 is 2. The third-order valence-corrected chi connectivity index (χ3v) is 13.4. The molecule has 2 aliphatic rings. The van der Waals surface area contributed by atoms with Gasteiger partial charge in [0.25, 0.3) is 11.8 Å². The van der Waals surface area contributed by atoms with Gasteiger partial charge in [0.2, 0.25) is 0 Å². The molecule has 364 valence electrons. The van der Waals surface area contributed by atoms with Crippen molar-refractivity contribution >= 4 is 70.5 Å². The van der Waals surface area contributed by atoms with E-state index in [1.165, 1.54) is 55.9 Å². The molecule has 0 saturated heterocycles. The number of thiophene rings is 1. The summed E-state index contributed by atoms with van der Waals surface area (Å²) in [5.41, 5.74) is 6.67. The number of hydrogen-bond acceptors (Lipinski definition) is 14. The first-order chi connectivity index (χ1) is 33.8. The molecule has 15 nitrogen and oxygen atoms in total. The van der Waals surface area contributed by atoms with Gasteiger partial charge in [0.05, 0.1) is 53.7 Å². The zero-order valence-electron chi connectivity index (χ0n) is 38.4. The molecule has 0 aliphatic heterocycles. The summed E-state index contributed by atoms with van der Waals surface area (Å²) in [5, 5.41) is 0. The molecular formula is C53H51ClN2O13S. The van der Waals surface area contributed by atoms with Crippen LogP contribution in [0.5, 0.6) is 28.7 Å². The molecular weight excluding hydrogens is 940 g/mol. The van der Waals surface area contributed by atoms with Gasteiger partial charge >= 0.3 is 23.9 Å². The fourth-order valence-electron chi connectivity index (χ4n) is 8.08. The van der Waals surface area contributed by atoms with Gasteiger partial charge in [-0.05, 0) is 160 Å². The van der Waals surface area contributed by atoms with Gasteiger partial charge in [-0.3, -0.25) is 44.4 Å². The van der Waals surface area contributed by atoms with Crippen molar-refractivity contribution in [1.29, 1.82) is 0 Å². The first-order valence-electron chi connectivity index (χ1n) is 22.8. The van der Waals surface area contributed by atoms with E-state index >= 15 is 0 Å². The number of carbonyl (C=O) groups excluding carboxylic acids is 7. The smallest absolute Gasteiger partial charge is 0.314 e. The SMILES string of the molecule is COc1ccc(C(=O)NNC(=O)c2ccc(OC(=O)C3CCC(C(=O)OCCc4ccc(OC(=O)C5CCC(C(=O)Oc6ccc(OC)cc6/C=C/C(=O)c6ccc(Cl)s6)CC5)cc4)CC3)cc2)cc1. The molecule has 0 radical (unpaired) electrons. The number of rotatable bonds is 17. The van der Waals surface area contributed by atoms with E-state index in [0.29, 0.717) is 95.4 Å². The lowest BCUT2D eigenvalue weighted by molar-refractivity contribution is -0.152. The summed E-state index contributed by atoms with van der Waals surface area (Å²) in [5.74, 6) is -2.28. The van der Waals surface area contributed by atoms with E-state index in [1.807, 2.05) is 12.1 Å². The second kappa shape index (κ2) is 24.3. The highest BCUT2D eigenvalue weighted by Crippen LogP contribution is 2.34. The number of halogens is 1. The molecule has 70 heavy (non-hydrogen) atoms. The second-order valence-electron chi connectivity index (χ2n) is 16.8. The summed E-state index contributed by atoms with van der Waals surface area (Å²) in [6.45, 7) is 0.163. The topological polar surface area (TPSA) is 199 Å². The minimum Gasteiger partial charge on any atom is -0.497 e. The molecule has 1 heterocycles. The molecule has 2 aliphatic carbocycles. The lowest BCUT2D eigenvalue weighted by Crippen LogP contribution is -2.41. The monoisotopic (exact) mass is 990 g/mol. The van der Waals surface area contributed by atoms with E-state index in [9.17, 15) is 33.6 Å². The second-order valence-corrected chi connectivity index (χ2v) is 18.5. The van der Waals surface area contributed by atoms with Crippen LogP contribution in [0.3, 0.4) is 0 Å². The Hall–Kier alpha value is -7.30. The van der Waals surface area contributed by atoms with Crippen molar-refractivity contribution in [3.8, 4) is 28.7 Å². The van der Waals surface area contributed by atoms with Crippen molar-refractivity contribution in [3.05, 3.63) is 141 Å². The number of ether oxygens (including phenoxy) is 6. The van der Waals surface area contributed by atoms with Crippen LogP contribution in [0.1, 0.15) is 92.9 Å². The molecule has 5 aromatic rings. The molecule has 2 N–H and O–H groups in total. The summed E-state index contributed by atoms with van der Waals surface area (Å²) < 4.78 is 33.6. The number of amides is 2. The Labute approximate surface area is 413 Å². The Morgan fingerprint density at radius 3 is 1.50 bits per heavy atom. The predicted octanol–water partition coefficient (Wildman–Crippen LogP) is 9.20. The number of hydrazine groups is 1. The lowest BCUT2D eigenvalue weighted by Gasteiger charge is -2.26. The van der Waals surface area contributed by atoms with E-state index in [2.05, 4.69) is 10.9 Å². The number of carbonyl (C=O) groups is 7. The Kier molecular flexibility index (Phi) is 17.6. The maximum atomic E-state index is 13.3. The summed E-state index contributed by atoms with van der Waals surface area (Å²) in [7, 11) is 3.04. The Bertz CT molecular complexity index is 2700. The molecule has 7 rings (SSSR count). The van der Waals surface area contributed by atoms with Crippen LogP contribution in [-0.4, -0.2) is 62.3 Å². The zero-order chi connectivity index (χ0) is 49.6. The molecule has 0 atom stereocenters. The fourth-order valence-corrected chi connectivity index (χ4v) is 9.04. The van der Waals surface area contributed by atoms with E-state index < -0.39 is 35.6 Å². The van der Waals surface area contributed by atoms with Gasteiger partial charge in [-0.25, -0.2) is 0 Å². The number of ketones is 1. The first kappa shape index (κ1) is 50.6. The van der Waals surface area contributed by atoms with Gasteiger partial charge in [0.1, 0.15) is 28.7 Å². The third-order valence-electron chi connectivity index (χ3n) is 12.2. The number of hydrogen-bond donors (Lipinski definition) is 2. The number of nitrogens with one attached hydrogen (secondary N) is 2. The highest BCUT2D eigenvalue weighted by atomic mass is 35.5. The van der Waals surface area contributed by atoms with Crippen molar-refractivity contribution in [2.75, 3.05) is 20.8 Å². The first-order valence-corrected chi connectivity index (χ1v) is 24.0. The summed E-state index contributed by atoms with van der Waals surface area (Å²) in [6, 6.07) is 27.6. The maximum Gasteiger partial charge on any atom is 0.314 e. The predicted molar refractivity (Wildman–Crippen MR) is 259 cm³/mol. The lowest BCUT2D eigenvalue weighted by atomic mass is 9.82. The van der Waals surface area contributed by atoms with E-state index in [1.54, 1.807) is 72.8 Å². The molecule has 0 bridgehead atoms. The van der Waals surface area contributed by atoms with Crippen LogP contribution in [0.4, 0.5) is 0 Å². The van der Waals surface area contributed by atoms with Crippen molar-refractivity contribution in [3.63, 3.8) is 0 Å². The highest BCUT2D eigenvalue weighted by molar-refractivity contribution is 7.18. The zero-order valence-corrected chi connectivity index (χ0v) is 40.0. The van der Waals surface area contributed by atoms with Gasteiger partial charge in [-0.2, -0.15) is 0 Å². The van der Waals surface area contributed by atoms with E-state index in [-0.39, 0.29) is 53.2 Å². The van der Waals surface area contributed by atoms with Crippen LogP contribution >= 0.6 is 22.9 Å². The van der Waals surface area contributed by atoms with Gasteiger partial charge in [-0.15, -0.1) is 11.3 Å². The van der Waals surface area contributed by atoms with Gasteiger partial charge in [-0.1, -0.05) is 23.7 Å². The molecule has 17 heteroatoms. The van der Waals surface area contributed by atoms with Crippen molar-refractivity contribution in [2.45, 2.75) is 57.8 Å². The normalized spacial score (nSPS) is 17.6. The maximum absolute atomic E-state index is 13.3. The number of benzene rings is 4. The average Bonchev–Trinajstić information content (AvgIpc) is 3.84. The number of allylic oxidation sites excluding steroid dienone is 1. The van der Waals surface area contributed by atoms with Crippen LogP contribution in [0.15, 0.2) is 109 Å². The van der Waals surface area contributed by atoms with E-state index in [4.69, 9.17) is 40.0 Å². The van der Waals surface area contributed by atoms with Gasteiger partial charge < -0.3 is 28.4 Å². The van der Waals surface area contributed by atoms with Crippen LogP contribution in [0.2, 0.25) is 4.34 Å². The Morgan fingerprint density at radius 1 is 0.557 bits per heavy atom. The van der Waals surface area contributed by atoms with Crippen LogP contribution in [0, 0.1) is 23.7 Å². The van der Waals surface area contributed by atoms with Crippen molar-refractivity contribution < 1.29 is 62.0 Å². The van der Waals surface area contributed by atoms with Gasteiger partial charge in [0, 0.05) is 23.1 Å². The number of esters is 4. The molecule has 0 spiro atoms. The summed E-state index contributed by atoms with van der Waals surface area (Å²) in [4.78, 5) is 90.3. The van der Waals surface area contributed by atoms with Crippen molar-refractivity contribution in [2.24, 2.45) is 23.7 Å². The van der Waals surface area contributed by atoms with Crippen LogP contribution in [-0.2, 0) is 30.3 Å². The molecule has 2 saturated carbocycles. The minimum atomic E-state index is -0.553. The third kappa shape index (κ3) is 13.9. The molecule has 4 aromatic carbocycles. The quantitative estimate of drug-likeness (QED) is 0.0294. The minimum absolute atomic E-state index is 0.163. The average molecular weight is 992 g/mol. The Balaban J connectivity index is 0.771. The largest absolute Gasteiger partial charge is 0.497 e. The molecule has 0 unspecified atom stereocenters. The molecule has 1 aromatic heterocycles. The van der Waals surface area contributed by atoms with Crippen molar-refractivity contribution in [1.82, 2.24) is 10.9 Å². The molecule has 2 amide bonds. The molecule has 2 fully saturated rings. The standard InChI is InChI=1S/C53H51ClN2O13S/c1-64-40-20-13-33(14-21-40)48(58)55-56-49(59)34-15-22-42(23-16-34)68-52(62)36-7-5-35(6-8-36)50(60)66-30-29-32-3-18-41(19-4-32)67-51(61)37-9-11-38(12-10-37)53(63)69-45-26-24-43(65-2)31-39(45)17-25-44(57)46-27-28-47(54)70-46/h3-4,13-28,31,35-38H,5-12,29-30H2,1-2H3,(H,55,58)(H,56,59)/b25-17+. The van der Waals surface area contributed by atoms with Crippen LogP contribution in [0.25, 0.3) is 6.08 Å². The summed E-state index contributed by atoms with van der Waals surface area (Å²) >= 11 is 7.15. The summed E-state index contributed by atoms with van der Waals surface area (Å²) in [6.07, 6.45) is 7.10. The van der Waals surface area contributed by atoms with E-state index in [0.717, 1.165) is 5.56 Å². The highest BCUT2D eigenvalue weighted by Gasteiger charge is 2.34. The Morgan fingerprint density at radius 2 is 1.01 bits per heavy atom. The van der Waals surface area contributed by atoms with Crippen LogP contribution < -0.4 is 34.5 Å².